The molecule has 3 aromatic rings. The van der Waals surface area contributed by atoms with Crippen molar-refractivity contribution in [1.82, 2.24) is 19.9 Å². The summed E-state index contributed by atoms with van der Waals surface area (Å²) in [5, 5.41) is 0. The molecule has 0 aromatic carbocycles. The highest BCUT2D eigenvalue weighted by Gasteiger charge is 2.20. The summed E-state index contributed by atoms with van der Waals surface area (Å²) in [6, 6.07) is 6.63. The van der Waals surface area contributed by atoms with E-state index in [0.29, 0.717) is 5.92 Å². The van der Waals surface area contributed by atoms with Gasteiger partial charge in [-0.15, -0.1) is 0 Å². The number of nitrogens with one attached hydrogen (secondary N) is 2. The number of aromatic amines is 2. The molecular formula is C32H41N5. The summed E-state index contributed by atoms with van der Waals surface area (Å²) in [4.78, 5) is 17.4. The first kappa shape index (κ1) is 26.6. The summed E-state index contributed by atoms with van der Waals surface area (Å²) in [5.74, 6) is 0.370. The molecule has 37 heavy (non-hydrogen) atoms. The van der Waals surface area contributed by atoms with Gasteiger partial charge in [-0.2, -0.15) is 0 Å². The minimum Gasteiger partial charge on any atom is -0.355 e. The van der Waals surface area contributed by atoms with Crippen molar-refractivity contribution in [2.75, 3.05) is 6.54 Å². The molecule has 1 unspecified atom stereocenters. The van der Waals surface area contributed by atoms with Gasteiger partial charge in [-0.1, -0.05) is 33.4 Å². The van der Waals surface area contributed by atoms with Gasteiger partial charge >= 0.3 is 0 Å². The Morgan fingerprint density at radius 2 is 1.62 bits per heavy atom. The van der Waals surface area contributed by atoms with Crippen LogP contribution in [0.4, 0.5) is 0 Å². The van der Waals surface area contributed by atoms with E-state index >= 15 is 0 Å². The van der Waals surface area contributed by atoms with Gasteiger partial charge < -0.3 is 15.7 Å². The quantitative estimate of drug-likeness (QED) is 0.348. The summed E-state index contributed by atoms with van der Waals surface area (Å²) in [7, 11) is 0. The van der Waals surface area contributed by atoms with Crippen LogP contribution in [0.5, 0.6) is 0 Å². The summed E-state index contributed by atoms with van der Waals surface area (Å²) in [5.41, 5.74) is 21.1. The Kier molecular flexibility index (Phi) is 7.84. The monoisotopic (exact) mass is 495 g/mol. The van der Waals surface area contributed by atoms with Gasteiger partial charge in [0.2, 0.25) is 0 Å². The minimum atomic E-state index is 0.370. The summed E-state index contributed by atoms with van der Waals surface area (Å²) in [6.07, 6.45) is 7.14. The van der Waals surface area contributed by atoms with Crippen molar-refractivity contribution >= 4 is 39.8 Å². The number of fused-ring (bicyclic) bond motifs is 8. The molecule has 0 fully saturated rings. The van der Waals surface area contributed by atoms with Crippen LogP contribution >= 0.6 is 0 Å². The van der Waals surface area contributed by atoms with Crippen LogP contribution in [0.2, 0.25) is 0 Å². The lowest BCUT2D eigenvalue weighted by molar-refractivity contribution is 0.793. The molecule has 2 aliphatic heterocycles. The van der Waals surface area contributed by atoms with Crippen molar-refractivity contribution in [2.24, 2.45) is 5.73 Å². The predicted octanol–water partition coefficient (Wildman–Crippen LogP) is 7.71. The van der Waals surface area contributed by atoms with E-state index in [0.717, 1.165) is 76.2 Å². The fourth-order valence-corrected chi connectivity index (χ4v) is 5.14. The van der Waals surface area contributed by atoms with Gasteiger partial charge in [0.25, 0.3) is 0 Å². The first-order valence-electron chi connectivity index (χ1n) is 13.5. The molecule has 5 heteroatoms. The standard InChI is InChI=1S/C29H32N4.C3H9N/c1-8-20-18(6)27-14-29-21(9-2)17(5)26(32-29)12-22-15(3)10-24(30-22)19(7)25-11-16(4)23(31-25)13-28(20)33-27;1-2-3-4/h9,11-15,32-33H,2,8,10H2,1,3-7H3;2-4H2,1H3. The molecule has 0 radical (unpaired) electrons. The van der Waals surface area contributed by atoms with Gasteiger partial charge in [-0.25, -0.2) is 4.98 Å². The number of H-pyrrole nitrogens is 2. The van der Waals surface area contributed by atoms with E-state index in [1.54, 1.807) is 0 Å². The number of hydrogen-bond acceptors (Lipinski definition) is 3. The van der Waals surface area contributed by atoms with Crippen molar-refractivity contribution in [3.05, 3.63) is 75.4 Å². The average Bonchev–Trinajstić information content (AvgIpc) is 3.59. The number of allylic oxidation sites excluding steroid dienone is 1. The molecule has 0 amide bonds. The third kappa shape index (κ3) is 5.05. The van der Waals surface area contributed by atoms with Gasteiger partial charge in [0.15, 0.2) is 0 Å². The first-order valence-corrected chi connectivity index (χ1v) is 13.5. The Morgan fingerprint density at radius 1 is 0.946 bits per heavy atom. The van der Waals surface area contributed by atoms with Crippen LogP contribution in [0, 0.1) is 20.8 Å². The van der Waals surface area contributed by atoms with Gasteiger partial charge in [0.1, 0.15) is 0 Å². The SMILES string of the molecule is C=Cc1c(C)c2cc3nc(c(C)c4nc(cc5[nH]c(cc1[nH]2)c(C)c5CC)C(C)=C4)CC3C.CCCN. The first-order chi connectivity index (χ1) is 17.7. The van der Waals surface area contributed by atoms with Crippen molar-refractivity contribution in [1.29, 1.82) is 0 Å². The molecule has 3 aromatic heterocycles. The molecule has 1 atom stereocenters. The van der Waals surface area contributed by atoms with E-state index in [4.69, 9.17) is 15.7 Å². The second-order valence-corrected chi connectivity index (χ2v) is 10.2. The lowest BCUT2D eigenvalue weighted by atomic mass is 10.0. The second-order valence-electron chi connectivity index (χ2n) is 10.2. The van der Waals surface area contributed by atoms with Crippen LogP contribution in [-0.4, -0.2) is 26.5 Å². The fourth-order valence-electron chi connectivity index (χ4n) is 5.14. The summed E-state index contributed by atoms with van der Waals surface area (Å²) >= 11 is 0. The molecule has 0 aliphatic carbocycles. The Bertz CT molecular complexity index is 1530. The number of aromatic nitrogens is 4. The molecule has 5 rings (SSSR count). The molecular weight excluding hydrogens is 454 g/mol. The summed E-state index contributed by atoms with van der Waals surface area (Å²) in [6.45, 7) is 20.1. The van der Waals surface area contributed by atoms with Crippen molar-refractivity contribution in [2.45, 2.75) is 73.6 Å². The van der Waals surface area contributed by atoms with E-state index in [9.17, 15) is 0 Å². The number of nitrogens with zero attached hydrogens (tertiary/aromatic N) is 2. The Hall–Kier alpha value is -3.44. The van der Waals surface area contributed by atoms with Crippen LogP contribution in [-0.2, 0) is 12.8 Å². The van der Waals surface area contributed by atoms with Crippen LogP contribution in [0.15, 0.2) is 24.8 Å². The van der Waals surface area contributed by atoms with Crippen LogP contribution < -0.4 is 5.73 Å². The lowest BCUT2D eigenvalue weighted by Crippen LogP contribution is -1.93. The zero-order chi connectivity index (χ0) is 26.9. The summed E-state index contributed by atoms with van der Waals surface area (Å²) < 4.78 is 0. The number of nitrogens with two attached hydrogens (primary N) is 1. The maximum absolute atomic E-state index is 5.05. The lowest BCUT2D eigenvalue weighted by Gasteiger charge is -2.00. The van der Waals surface area contributed by atoms with E-state index < -0.39 is 0 Å². The third-order valence-electron chi connectivity index (χ3n) is 7.61. The Balaban J connectivity index is 0.000000747. The van der Waals surface area contributed by atoms with E-state index in [2.05, 4.69) is 89.3 Å². The van der Waals surface area contributed by atoms with E-state index in [1.165, 1.54) is 27.8 Å². The number of hydrogen-bond donors (Lipinski definition) is 3. The maximum atomic E-state index is 5.05. The maximum Gasteiger partial charge on any atom is 0.0687 e. The van der Waals surface area contributed by atoms with Crippen molar-refractivity contribution < 1.29 is 0 Å². The largest absolute Gasteiger partial charge is 0.355 e. The van der Waals surface area contributed by atoms with Gasteiger partial charge in [0, 0.05) is 44.9 Å². The topological polar surface area (TPSA) is 83.4 Å². The van der Waals surface area contributed by atoms with Crippen LogP contribution in [0.25, 0.3) is 39.8 Å². The van der Waals surface area contributed by atoms with Crippen molar-refractivity contribution in [3.8, 4) is 0 Å². The average molecular weight is 496 g/mol. The highest BCUT2D eigenvalue weighted by molar-refractivity contribution is 5.86. The molecule has 5 heterocycles. The van der Waals surface area contributed by atoms with E-state index in [-0.39, 0.29) is 0 Å². The molecule has 0 saturated heterocycles. The third-order valence-corrected chi connectivity index (χ3v) is 7.61. The number of aryl methyl sites for hydroxylation is 3. The smallest absolute Gasteiger partial charge is 0.0687 e. The van der Waals surface area contributed by atoms with Gasteiger partial charge in [0.05, 0.1) is 11.4 Å². The molecule has 0 saturated carbocycles. The molecule has 5 nitrogen and oxygen atoms in total. The highest BCUT2D eigenvalue weighted by Crippen LogP contribution is 2.31. The van der Waals surface area contributed by atoms with Crippen LogP contribution in [0.3, 0.4) is 0 Å². The molecule has 2 aliphatic rings. The minimum absolute atomic E-state index is 0.370. The van der Waals surface area contributed by atoms with E-state index in [1.807, 2.05) is 6.08 Å². The molecule has 194 valence electrons. The molecule has 8 bridgehead atoms. The normalized spacial score (nSPS) is 14.7. The molecule has 4 N–H and O–H groups in total. The Morgan fingerprint density at radius 3 is 2.27 bits per heavy atom. The zero-order valence-corrected chi connectivity index (χ0v) is 23.5. The second kappa shape index (κ2) is 10.9. The number of rotatable bonds is 3. The predicted molar refractivity (Wildman–Crippen MR) is 160 cm³/mol. The highest BCUT2D eigenvalue weighted by atomic mass is 14.8. The molecule has 0 spiro atoms. The van der Waals surface area contributed by atoms with Gasteiger partial charge in [-0.3, -0.25) is 4.98 Å². The van der Waals surface area contributed by atoms with Crippen molar-refractivity contribution in [3.63, 3.8) is 0 Å². The Labute approximate surface area is 221 Å². The van der Waals surface area contributed by atoms with Crippen LogP contribution in [0.1, 0.15) is 90.6 Å². The van der Waals surface area contributed by atoms with Gasteiger partial charge in [-0.05, 0) is 106 Å². The fraction of sp³-hybridized carbons (Fsp3) is 0.375. The zero-order valence-electron chi connectivity index (χ0n) is 23.5.